The van der Waals surface area contributed by atoms with Crippen molar-refractivity contribution in [3.63, 3.8) is 0 Å². The molecule has 1 aliphatic carbocycles. The lowest BCUT2D eigenvalue weighted by molar-refractivity contribution is 0.0687. The molecule has 1 heterocycles. The number of anilines is 1. The summed E-state index contributed by atoms with van der Waals surface area (Å²) in [6.45, 7) is 2.75. The van der Waals surface area contributed by atoms with E-state index in [2.05, 4.69) is 15.3 Å². The van der Waals surface area contributed by atoms with E-state index in [1.807, 2.05) is 11.8 Å². The molecule has 0 spiro atoms. The summed E-state index contributed by atoms with van der Waals surface area (Å²) in [5.74, 6) is 0.676. The maximum atomic E-state index is 12.4. The summed E-state index contributed by atoms with van der Waals surface area (Å²) in [6, 6.07) is 0.383. The summed E-state index contributed by atoms with van der Waals surface area (Å²) in [6.07, 6.45) is 7.81. The predicted molar refractivity (Wildman–Crippen MR) is 70.5 cm³/mol. The molecular weight excluding hydrogens is 228 g/mol. The highest BCUT2D eigenvalue weighted by Crippen LogP contribution is 2.24. The van der Waals surface area contributed by atoms with E-state index in [9.17, 15) is 4.79 Å². The second kappa shape index (κ2) is 5.80. The van der Waals surface area contributed by atoms with Gasteiger partial charge in [-0.2, -0.15) is 0 Å². The van der Waals surface area contributed by atoms with Crippen molar-refractivity contribution < 1.29 is 4.79 Å². The molecule has 0 bridgehead atoms. The zero-order chi connectivity index (χ0) is 13.0. The topological polar surface area (TPSA) is 58.1 Å². The Morgan fingerprint density at radius 3 is 2.61 bits per heavy atom. The van der Waals surface area contributed by atoms with Crippen LogP contribution in [0.2, 0.25) is 0 Å². The highest BCUT2D eigenvalue weighted by Gasteiger charge is 2.26. The second-order valence-corrected chi connectivity index (χ2v) is 4.57. The summed E-state index contributed by atoms with van der Waals surface area (Å²) in [4.78, 5) is 22.6. The van der Waals surface area contributed by atoms with E-state index < -0.39 is 0 Å². The maximum absolute atomic E-state index is 12.4. The number of rotatable bonds is 4. The number of nitrogens with zero attached hydrogens (tertiary/aromatic N) is 3. The molecule has 1 fully saturated rings. The average molecular weight is 248 g/mol. The smallest absolute Gasteiger partial charge is 0.274 e. The second-order valence-electron chi connectivity index (χ2n) is 4.57. The van der Waals surface area contributed by atoms with Gasteiger partial charge in [-0.05, 0) is 19.8 Å². The Labute approximate surface area is 108 Å². The highest BCUT2D eigenvalue weighted by atomic mass is 16.2. The zero-order valence-corrected chi connectivity index (χ0v) is 11.0. The van der Waals surface area contributed by atoms with Gasteiger partial charge in [0.05, 0.1) is 12.4 Å². The fraction of sp³-hybridized carbons (Fsp3) is 0.615. The van der Waals surface area contributed by atoms with Crippen molar-refractivity contribution in [2.45, 2.75) is 38.6 Å². The van der Waals surface area contributed by atoms with Crippen molar-refractivity contribution in [3.8, 4) is 0 Å². The Hall–Kier alpha value is -1.65. The van der Waals surface area contributed by atoms with E-state index in [0.29, 0.717) is 17.6 Å². The molecule has 2 rings (SSSR count). The fourth-order valence-corrected chi connectivity index (χ4v) is 2.50. The van der Waals surface area contributed by atoms with Crippen LogP contribution in [-0.4, -0.2) is 40.4 Å². The molecule has 1 aromatic heterocycles. The molecule has 0 aromatic carbocycles. The van der Waals surface area contributed by atoms with Crippen LogP contribution in [0, 0.1) is 0 Å². The molecule has 18 heavy (non-hydrogen) atoms. The van der Waals surface area contributed by atoms with Gasteiger partial charge >= 0.3 is 0 Å². The van der Waals surface area contributed by atoms with E-state index in [-0.39, 0.29) is 5.91 Å². The summed E-state index contributed by atoms with van der Waals surface area (Å²) < 4.78 is 0. The van der Waals surface area contributed by atoms with Gasteiger partial charge in [0.1, 0.15) is 11.5 Å². The molecule has 1 saturated carbocycles. The minimum atomic E-state index is -0.000414. The van der Waals surface area contributed by atoms with E-state index in [1.165, 1.54) is 12.8 Å². The van der Waals surface area contributed by atoms with E-state index in [4.69, 9.17) is 0 Å². The quantitative estimate of drug-likeness (QED) is 0.884. The molecule has 1 N–H and O–H groups in total. The Kier molecular flexibility index (Phi) is 4.12. The molecule has 0 radical (unpaired) electrons. The van der Waals surface area contributed by atoms with Crippen molar-refractivity contribution in [2.24, 2.45) is 0 Å². The van der Waals surface area contributed by atoms with Crippen molar-refractivity contribution in [3.05, 3.63) is 18.1 Å². The Morgan fingerprint density at radius 1 is 1.39 bits per heavy atom. The van der Waals surface area contributed by atoms with Crippen LogP contribution < -0.4 is 5.32 Å². The van der Waals surface area contributed by atoms with Crippen molar-refractivity contribution in [1.82, 2.24) is 14.9 Å². The van der Waals surface area contributed by atoms with Gasteiger partial charge in [0.2, 0.25) is 0 Å². The monoisotopic (exact) mass is 248 g/mol. The van der Waals surface area contributed by atoms with Crippen LogP contribution in [0.1, 0.15) is 43.1 Å². The van der Waals surface area contributed by atoms with E-state index >= 15 is 0 Å². The molecule has 98 valence electrons. The molecule has 0 saturated heterocycles. The van der Waals surface area contributed by atoms with Gasteiger partial charge in [-0.3, -0.25) is 4.79 Å². The summed E-state index contributed by atoms with van der Waals surface area (Å²) in [5, 5.41) is 2.89. The Bertz CT molecular complexity index is 398. The van der Waals surface area contributed by atoms with Crippen molar-refractivity contribution in [1.29, 1.82) is 0 Å². The molecule has 5 heteroatoms. The minimum absolute atomic E-state index is 0.000414. The zero-order valence-electron chi connectivity index (χ0n) is 11.0. The molecule has 0 unspecified atom stereocenters. The number of aromatic nitrogens is 2. The molecule has 0 atom stereocenters. The van der Waals surface area contributed by atoms with Crippen molar-refractivity contribution >= 4 is 11.7 Å². The first-order valence-electron chi connectivity index (χ1n) is 6.57. The molecule has 1 aliphatic rings. The van der Waals surface area contributed by atoms with Gasteiger partial charge in [-0.15, -0.1) is 0 Å². The Balaban J connectivity index is 2.11. The van der Waals surface area contributed by atoms with Gasteiger partial charge in [0.25, 0.3) is 5.91 Å². The van der Waals surface area contributed by atoms with Gasteiger partial charge in [-0.1, -0.05) is 12.8 Å². The first-order chi connectivity index (χ1) is 8.76. The third-order valence-electron chi connectivity index (χ3n) is 3.49. The van der Waals surface area contributed by atoms with Crippen LogP contribution in [0.3, 0.4) is 0 Å². The normalized spacial score (nSPS) is 15.7. The number of hydrogen-bond donors (Lipinski definition) is 1. The highest BCUT2D eigenvalue weighted by molar-refractivity contribution is 5.92. The third-order valence-corrected chi connectivity index (χ3v) is 3.49. The summed E-state index contributed by atoms with van der Waals surface area (Å²) in [7, 11) is 1.78. The molecule has 5 nitrogen and oxygen atoms in total. The number of carbonyl (C=O) groups is 1. The number of hydrogen-bond acceptors (Lipinski definition) is 4. The standard InChI is InChI=1S/C13H20N4O/c1-3-17(10-6-4-5-7-10)13(18)11-8-16-12(14-2)9-15-11/h8-10H,3-7H2,1-2H3,(H,14,16). The average Bonchev–Trinajstić information content (AvgIpc) is 2.93. The predicted octanol–water partition coefficient (Wildman–Crippen LogP) is 1.92. The number of amides is 1. The molecule has 0 aliphatic heterocycles. The maximum Gasteiger partial charge on any atom is 0.274 e. The lowest BCUT2D eigenvalue weighted by atomic mass is 10.2. The van der Waals surface area contributed by atoms with Gasteiger partial charge in [0, 0.05) is 19.6 Å². The van der Waals surface area contributed by atoms with Crippen LogP contribution >= 0.6 is 0 Å². The van der Waals surface area contributed by atoms with Gasteiger partial charge in [-0.25, -0.2) is 9.97 Å². The SMILES string of the molecule is CCN(C(=O)c1cnc(NC)cn1)C1CCCC1. The van der Waals surface area contributed by atoms with Crippen LogP contribution in [0.15, 0.2) is 12.4 Å². The van der Waals surface area contributed by atoms with Crippen LogP contribution in [0.25, 0.3) is 0 Å². The fourth-order valence-electron chi connectivity index (χ4n) is 2.50. The number of nitrogens with one attached hydrogen (secondary N) is 1. The first kappa shape index (κ1) is 12.8. The van der Waals surface area contributed by atoms with Gasteiger partial charge in [0.15, 0.2) is 0 Å². The summed E-state index contributed by atoms with van der Waals surface area (Å²) in [5.41, 5.74) is 0.433. The Morgan fingerprint density at radius 2 is 2.11 bits per heavy atom. The minimum Gasteiger partial charge on any atom is -0.372 e. The molecule has 1 amide bonds. The largest absolute Gasteiger partial charge is 0.372 e. The lowest BCUT2D eigenvalue weighted by Gasteiger charge is -2.27. The third kappa shape index (κ3) is 2.60. The lowest BCUT2D eigenvalue weighted by Crippen LogP contribution is -2.39. The number of carbonyl (C=O) groups excluding carboxylic acids is 1. The van der Waals surface area contributed by atoms with E-state index in [0.717, 1.165) is 19.4 Å². The van der Waals surface area contributed by atoms with Gasteiger partial charge < -0.3 is 10.2 Å². The summed E-state index contributed by atoms with van der Waals surface area (Å²) >= 11 is 0. The van der Waals surface area contributed by atoms with Crippen LogP contribution in [0.5, 0.6) is 0 Å². The first-order valence-corrected chi connectivity index (χ1v) is 6.57. The molecular formula is C13H20N4O. The van der Waals surface area contributed by atoms with Crippen molar-refractivity contribution in [2.75, 3.05) is 18.9 Å². The molecule has 1 aromatic rings. The van der Waals surface area contributed by atoms with Crippen LogP contribution in [0.4, 0.5) is 5.82 Å². The van der Waals surface area contributed by atoms with E-state index in [1.54, 1.807) is 19.4 Å². The van der Waals surface area contributed by atoms with Crippen LogP contribution in [-0.2, 0) is 0 Å².